The number of carbonyl (C=O) groups is 2. The monoisotopic (exact) mass is 446 g/mol. The third kappa shape index (κ3) is 4.24. The number of nitrogens with one attached hydrogen (secondary N) is 2. The molecule has 0 unspecified atom stereocenters. The molecular formula is C24H19ClN4O3. The summed E-state index contributed by atoms with van der Waals surface area (Å²) < 4.78 is 1.52. The lowest BCUT2D eigenvalue weighted by Gasteiger charge is -2.12. The van der Waals surface area contributed by atoms with Gasteiger partial charge in [-0.05, 0) is 61.5 Å². The molecule has 2 N–H and O–H groups in total. The SMILES string of the molecule is CC(=O)Nc1ccc(NC(=O)c2ccc(-n3c(C)nc4ccccc4c3=O)cc2)c(Cl)c1. The van der Waals surface area contributed by atoms with Crippen LogP contribution in [-0.2, 0) is 4.79 Å². The van der Waals surface area contributed by atoms with Gasteiger partial charge in [0.05, 0.1) is 27.3 Å². The molecule has 8 heteroatoms. The molecule has 4 rings (SSSR count). The van der Waals surface area contributed by atoms with Crippen LogP contribution < -0.4 is 16.2 Å². The van der Waals surface area contributed by atoms with Gasteiger partial charge in [-0.15, -0.1) is 0 Å². The summed E-state index contributed by atoms with van der Waals surface area (Å²) in [4.78, 5) is 41.3. The molecule has 0 aliphatic heterocycles. The van der Waals surface area contributed by atoms with E-state index in [1.807, 2.05) is 6.07 Å². The van der Waals surface area contributed by atoms with E-state index in [1.165, 1.54) is 11.5 Å². The number of hydrogen-bond acceptors (Lipinski definition) is 4. The molecule has 160 valence electrons. The number of rotatable bonds is 4. The number of aryl methyl sites for hydroxylation is 1. The van der Waals surface area contributed by atoms with Crippen LogP contribution in [0.15, 0.2) is 71.5 Å². The minimum absolute atomic E-state index is 0.170. The molecule has 0 aliphatic rings. The summed E-state index contributed by atoms with van der Waals surface area (Å²) in [5, 5.41) is 6.20. The Morgan fingerprint density at radius 2 is 1.69 bits per heavy atom. The van der Waals surface area contributed by atoms with Crippen LogP contribution >= 0.6 is 11.6 Å². The summed E-state index contributed by atoms with van der Waals surface area (Å²) in [6, 6.07) is 18.6. The van der Waals surface area contributed by atoms with E-state index in [0.29, 0.717) is 44.4 Å². The van der Waals surface area contributed by atoms with Gasteiger partial charge < -0.3 is 10.6 Å². The summed E-state index contributed by atoms with van der Waals surface area (Å²) in [5.41, 5.74) is 2.44. The Balaban J connectivity index is 1.58. The Kier molecular flexibility index (Phi) is 5.75. The van der Waals surface area contributed by atoms with Crippen LogP contribution in [0.3, 0.4) is 0 Å². The predicted octanol–water partition coefficient (Wildman–Crippen LogP) is 4.56. The van der Waals surface area contributed by atoms with Crippen molar-refractivity contribution in [3.8, 4) is 5.69 Å². The summed E-state index contributed by atoms with van der Waals surface area (Å²) in [7, 11) is 0. The Hall–Kier alpha value is -3.97. The van der Waals surface area contributed by atoms with Gasteiger partial charge in [0.25, 0.3) is 11.5 Å². The van der Waals surface area contributed by atoms with E-state index in [4.69, 9.17) is 11.6 Å². The minimum Gasteiger partial charge on any atom is -0.326 e. The van der Waals surface area contributed by atoms with E-state index >= 15 is 0 Å². The molecule has 1 aromatic heterocycles. The zero-order chi connectivity index (χ0) is 22.8. The fourth-order valence-corrected chi connectivity index (χ4v) is 3.63. The Morgan fingerprint density at radius 1 is 0.969 bits per heavy atom. The largest absolute Gasteiger partial charge is 0.326 e. The molecule has 1 heterocycles. The van der Waals surface area contributed by atoms with E-state index in [-0.39, 0.29) is 17.4 Å². The maximum Gasteiger partial charge on any atom is 0.265 e. The second kappa shape index (κ2) is 8.64. The molecule has 0 bridgehead atoms. The maximum absolute atomic E-state index is 12.9. The highest BCUT2D eigenvalue weighted by Gasteiger charge is 2.12. The fraction of sp³-hybridized carbons (Fsp3) is 0.0833. The number of carbonyl (C=O) groups excluding carboxylic acids is 2. The summed E-state index contributed by atoms with van der Waals surface area (Å²) >= 11 is 6.22. The Bertz CT molecular complexity index is 1410. The first-order valence-corrected chi connectivity index (χ1v) is 10.2. The number of nitrogens with zero attached hydrogens (tertiary/aromatic N) is 2. The number of halogens is 1. The first-order chi connectivity index (χ1) is 15.3. The lowest BCUT2D eigenvalue weighted by Crippen LogP contribution is -2.22. The van der Waals surface area contributed by atoms with Crippen LogP contribution in [0.4, 0.5) is 11.4 Å². The van der Waals surface area contributed by atoms with Gasteiger partial charge in [-0.1, -0.05) is 23.7 Å². The number of benzene rings is 3. The van der Waals surface area contributed by atoms with Crippen LogP contribution in [0.1, 0.15) is 23.1 Å². The Morgan fingerprint density at radius 3 is 2.38 bits per heavy atom. The van der Waals surface area contributed by atoms with Gasteiger partial charge in [-0.25, -0.2) is 4.98 Å². The summed E-state index contributed by atoms with van der Waals surface area (Å²) in [5.74, 6) is -0.0164. The van der Waals surface area contributed by atoms with Crippen molar-refractivity contribution in [1.82, 2.24) is 9.55 Å². The van der Waals surface area contributed by atoms with E-state index < -0.39 is 0 Å². The van der Waals surface area contributed by atoms with Crippen molar-refractivity contribution in [3.63, 3.8) is 0 Å². The molecule has 2 amide bonds. The zero-order valence-corrected chi connectivity index (χ0v) is 18.1. The van der Waals surface area contributed by atoms with Gasteiger partial charge in [-0.3, -0.25) is 19.0 Å². The first-order valence-electron chi connectivity index (χ1n) is 9.81. The second-order valence-corrected chi connectivity index (χ2v) is 7.60. The minimum atomic E-state index is -0.355. The van der Waals surface area contributed by atoms with Gasteiger partial charge in [0.2, 0.25) is 5.91 Å². The smallest absolute Gasteiger partial charge is 0.265 e. The van der Waals surface area contributed by atoms with Gasteiger partial charge in [-0.2, -0.15) is 0 Å². The van der Waals surface area contributed by atoms with Crippen LogP contribution in [-0.4, -0.2) is 21.4 Å². The van der Waals surface area contributed by atoms with Crippen molar-refractivity contribution in [2.24, 2.45) is 0 Å². The molecule has 0 saturated carbocycles. The highest BCUT2D eigenvalue weighted by atomic mass is 35.5. The van der Waals surface area contributed by atoms with Gasteiger partial charge in [0.15, 0.2) is 0 Å². The van der Waals surface area contributed by atoms with Crippen molar-refractivity contribution in [3.05, 3.63) is 93.5 Å². The lowest BCUT2D eigenvalue weighted by atomic mass is 10.1. The molecule has 4 aromatic rings. The normalized spacial score (nSPS) is 10.7. The molecule has 0 radical (unpaired) electrons. The number of aromatic nitrogens is 2. The molecule has 0 spiro atoms. The number of hydrogen-bond donors (Lipinski definition) is 2. The third-order valence-corrected chi connectivity index (χ3v) is 5.18. The topological polar surface area (TPSA) is 93.1 Å². The quantitative estimate of drug-likeness (QED) is 0.480. The molecule has 0 fully saturated rings. The zero-order valence-electron chi connectivity index (χ0n) is 17.3. The van der Waals surface area contributed by atoms with Crippen LogP contribution in [0.2, 0.25) is 5.02 Å². The molecule has 0 atom stereocenters. The molecule has 7 nitrogen and oxygen atoms in total. The number of para-hydroxylation sites is 1. The average molecular weight is 447 g/mol. The Labute approximate surface area is 188 Å². The highest BCUT2D eigenvalue weighted by molar-refractivity contribution is 6.34. The number of anilines is 2. The van der Waals surface area contributed by atoms with Crippen molar-refractivity contribution in [2.45, 2.75) is 13.8 Å². The van der Waals surface area contributed by atoms with Crippen LogP contribution in [0.5, 0.6) is 0 Å². The molecule has 3 aromatic carbocycles. The van der Waals surface area contributed by atoms with Gasteiger partial charge in [0.1, 0.15) is 5.82 Å². The fourth-order valence-electron chi connectivity index (χ4n) is 3.40. The standard InChI is InChI=1S/C24H19ClN4O3/c1-14-26-21-6-4-3-5-19(21)24(32)29(14)18-10-7-16(8-11-18)23(31)28-22-12-9-17(13-20(22)25)27-15(2)30/h3-13H,1-2H3,(H,27,30)(H,28,31). The van der Waals surface area contributed by atoms with Crippen molar-refractivity contribution >= 4 is 45.7 Å². The van der Waals surface area contributed by atoms with Crippen molar-refractivity contribution < 1.29 is 9.59 Å². The molecule has 32 heavy (non-hydrogen) atoms. The van der Waals surface area contributed by atoms with Gasteiger partial charge >= 0.3 is 0 Å². The second-order valence-electron chi connectivity index (χ2n) is 7.19. The average Bonchev–Trinajstić information content (AvgIpc) is 2.75. The number of fused-ring (bicyclic) bond motifs is 1. The van der Waals surface area contributed by atoms with Crippen LogP contribution in [0.25, 0.3) is 16.6 Å². The van der Waals surface area contributed by atoms with E-state index in [1.54, 1.807) is 67.6 Å². The third-order valence-electron chi connectivity index (χ3n) is 4.87. The summed E-state index contributed by atoms with van der Waals surface area (Å²) in [6.45, 7) is 3.16. The maximum atomic E-state index is 12.9. The van der Waals surface area contributed by atoms with Gasteiger partial charge in [0, 0.05) is 18.2 Å². The van der Waals surface area contributed by atoms with Crippen molar-refractivity contribution in [1.29, 1.82) is 0 Å². The van der Waals surface area contributed by atoms with E-state index in [9.17, 15) is 14.4 Å². The molecular weight excluding hydrogens is 428 g/mol. The van der Waals surface area contributed by atoms with E-state index in [2.05, 4.69) is 15.6 Å². The molecule has 0 aliphatic carbocycles. The van der Waals surface area contributed by atoms with Crippen LogP contribution in [0, 0.1) is 6.92 Å². The summed E-state index contributed by atoms with van der Waals surface area (Å²) in [6.07, 6.45) is 0. The van der Waals surface area contributed by atoms with E-state index in [0.717, 1.165) is 0 Å². The molecule has 0 saturated heterocycles. The highest BCUT2D eigenvalue weighted by Crippen LogP contribution is 2.26. The van der Waals surface area contributed by atoms with Crippen molar-refractivity contribution in [2.75, 3.05) is 10.6 Å². The first kappa shape index (κ1) is 21.3. The number of amides is 2. The predicted molar refractivity (Wildman–Crippen MR) is 126 cm³/mol. The lowest BCUT2D eigenvalue weighted by molar-refractivity contribution is -0.114.